The summed E-state index contributed by atoms with van der Waals surface area (Å²) in [4.78, 5) is 4.42. The first-order valence-corrected chi connectivity index (χ1v) is 7.51. The van der Waals surface area contributed by atoms with E-state index in [2.05, 4.69) is 51.8 Å². The molecule has 0 atom stereocenters. The fourth-order valence-corrected chi connectivity index (χ4v) is 2.03. The Kier molecular flexibility index (Phi) is 5.94. The van der Waals surface area contributed by atoms with Gasteiger partial charge in [-0.15, -0.1) is 5.10 Å². The number of nitrogens with zero attached hydrogens (tertiary/aromatic N) is 3. The molecular formula is C16H23N5. The van der Waals surface area contributed by atoms with Gasteiger partial charge < -0.3 is 10.6 Å². The Morgan fingerprint density at radius 3 is 2.76 bits per heavy atom. The van der Waals surface area contributed by atoms with Crippen molar-refractivity contribution in [3.63, 3.8) is 0 Å². The maximum absolute atomic E-state index is 4.42. The van der Waals surface area contributed by atoms with Gasteiger partial charge in [-0.1, -0.05) is 44.0 Å². The predicted molar refractivity (Wildman–Crippen MR) is 86.3 cm³/mol. The van der Waals surface area contributed by atoms with E-state index in [1.54, 1.807) is 6.20 Å². The molecule has 0 spiro atoms. The van der Waals surface area contributed by atoms with Crippen LogP contribution in [0.4, 0.5) is 11.8 Å². The zero-order chi connectivity index (χ0) is 14.9. The Bertz CT molecular complexity index is 556. The summed E-state index contributed by atoms with van der Waals surface area (Å²) in [5.41, 5.74) is 2.53. The van der Waals surface area contributed by atoms with Crippen molar-refractivity contribution >= 4 is 11.8 Å². The number of anilines is 2. The highest BCUT2D eigenvalue weighted by atomic mass is 15.3. The van der Waals surface area contributed by atoms with Crippen LogP contribution in [0.25, 0.3) is 0 Å². The molecule has 0 aliphatic rings. The van der Waals surface area contributed by atoms with Crippen molar-refractivity contribution in [1.29, 1.82) is 0 Å². The minimum absolute atomic E-state index is 0.584. The highest BCUT2D eigenvalue weighted by Crippen LogP contribution is 2.10. The van der Waals surface area contributed by atoms with E-state index in [1.165, 1.54) is 24.0 Å². The maximum atomic E-state index is 4.42. The Morgan fingerprint density at radius 2 is 1.95 bits per heavy atom. The van der Waals surface area contributed by atoms with Crippen LogP contribution in [0.5, 0.6) is 0 Å². The lowest BCUT2D eigenvalue weighted by atomic mass is 10.1. The summed E-state index contributed by atoms with van der Waals surface area (Å²) in [6.45, 7) is 5.92. The van der Waals surface area contributed by atoms with Crippen LogP contribution < -0.4 is 10.6 Å². The topological polar surface area (TPSA) is 62.7 Å². The Hall–Kier alpha value is -2.17. The summed E-state index contributed by atoms with van der Waals surface area (Å²) in [7, 11) is 0. The predicted octanol–water partition coefficient (Wildman–Crippen LogP) is 3.39. The van der Waals surface area contributed by atoms with Crippen LogP contribution in [0.2, 0.25) is 0 Å². The number of hydrogen-bond acceptors (Lipinski definition) is 5. The van der Waals surface area contributed by atoms with E-state index in [4.69, 9.17) is 0 Å². The van der Waals surface area contributed by atoms with Crippen molar-refractivity contribution < 1.29 is 0 Å². The van der Waals surface area contributed by atoms with Crippen molar-refractivity contribution in [1.82, 2.24) is 15.2 Å². The van der Waals surface area contributed by atoms with Gasteiger partial charge in [0.2, 0.25) is 5.95 Å². The highest BCUT2D eigenvalue weighted by molar-refractivity contribution is 5.38. The largest absolute Gasteiger partial charge is 0.365 e. The molecule has 112 valence electrons. The first-order valence-electron chi connectivity index (χ1n) is 7.51. The quantitative estimate of drug-likeness (QED) is 0.728. The summed E-state index contributed by atoms with van der Waals surface area (Å²) in [5, 5.41) is 14.5. The van der Waals surface area contributed by atoms with E-state index in [-0.39, 0.29) is 0 Å². The van der Waals surface area contributed by atoms with E-state index in [1.807, 2.05) is 12.1 Å². The molecule has 21 heavy (non-hydrogen) atoms. The fourth-order valence-electron chi connectivity index (χ4n) is 2.03. The van der Waals surface area contributed by atoms with Gasteiger partial charge in [0, 0.05) is 13.1 Å². The van der Waals surface area contributed by atoms with E-state index in [0.717, 1.165) is 25.3 Å². The van der Waals surface area contributed by atoms with Crippen molar-refractivity contribution in [2.75, 3.05) is 17.2 Å². The lowest BCUT2D eigenvalue weighted by molar-refractivity contribution is 0.738. The van der Waals surface area contributed by atoms with Gasteiger partial charge in [-0.05, 0) is 24.5 Å². The fraction of sp³-hybridized carbons (Fsp3) is 0.438. The molecule has 0 amide bonds. The number of rotatable bonds is 8. The molecule has 0 unspecified atom stereocenters. The van der Waals surface area contributed by atoms with Gasteiger partial charge in [0.1, 0.15) is 0 Å². The Balaban J connectivity index is 1.87. The van der Waals surface area contributed by atoms with Gasteiger partial charge in [-0.25, -0.2) is 0 Å². The molecule has 5 nitrogen and oxygen atoms in total. The van der Waals surface area contributed by atoms with Gasteiger partial charge in [-0.2, -0.15) is 10.1 Å². The number of nitrogens with one attached hydrogen (secondary N) is 2. The zero-order valence-electron chi connectivity index (χ0n) is 12.8. The Labute approximate surface area is 126 Å². The molecule has 1 heterocycles. The second-order valence-corrected chi connectivity index (χ2v) is 5.08. The van der Waals surface area contributed by atoms with E-state index < -0.39 is 0 Å². The first-order chi connectivity index (χ1) is 10.3. The van der Waals surface area contributed by atoms with Crippen molar-refractivity contribution in [3.05, 3.63) is 41.6 Å². The van der Waals surface area contributed by atoms with Gasteiger partial charge in [-0.3, -0.25) is 0 Å². The van der Waals surface area contributed by atoms with Crippen LogP contribution in [0.15, 0.2) is 30.5 Å². The number of unbranched alkanes of at least 4 members (excludes halogenated alkanes) is 2. The second kappa shape index (κ2) is 8.19. The summed E-state index contributed by atoms with van der Waals surface area (Å²) >= 11 is 0. The minimum Gasteiger partial charge on any atom is -0.365 e. The van der Waals surface area contributed by atoms with Crippen molar-refractivity contribution in [2.45, 2.75) is 39.7 Å². The third-order valence-electron chi connectivity index (χ3n) is 3.34. The number of aryl methyl sites for hydroxylation is 1. The molecule has 2 N–H and O–H groups in total. The van der Waals surface area contributed by atoms with Crippen LogP contribution in [0.1, 0.15) is 37.3 Å². The molecule has 5 heteroatoms. The van der Waals surface area contributed by atoms with E-state index >= 15 is 0 Å². The maximum Gasteiger partial charge on any atom is 0.244 e. The normalized spacial score (nSPS) is 10.4. The molecule has 0 aliphatic carbocycles. The lowest BCUT2D eigenvalue weighted by Gasteiger charge is -2.09. The summed E-state index contributed by atoms with van der Waals surface area (Å²) < 4.78 is 0. The average molecular weight is 285 g/mol. The summed E-state index contributed by atoms with van der Waals surface area (Å²) in [6.07, 6.45) is 5.20. The molecule has 2 rings (SSSR count). The number of aromatic nitrogens is 3. The van der Waals surface area contributed by atoms with Crippen LogP contribution in [0.3, 0.4) is 0 Å². The van der Waals surface area contributed by atoms with Gasteiger partial charge in [0.15, 0.2) is 5.82 Å². The molecule has 0 radical (unpaired) electrons. The smallest absolute Gasteiger partial charge is 0.244 e. The highest BCUT2D eigenvalue weighted by Gasteiger charge is 2.01. The lowest BCUT2D eigenvalue weighted by Crippen LogP contribution is -2.09. The van der Waals surface area contributed by atoms with Gasteiger partial charge in [0.25, 0.3) is 0 Å². The molecule has 0 aliphatic heterocycles. The molecular weight excluding hydrogens is 262 g/mol. The monoisotopic (exact) mass is 285 g/mol. The molecule has 0 saturated carbocycles. The molecule has 1 aromatic heterocycles. The molecule has 2 aromatic rings. The van der Waals surface area contributed by atoms with Gasteiger partial charge in [0.05, 0.1) is 6.20 Å². The molecule has 1 aromatic carbocycles. The van der Waals surface area contributed by atoms with Crippen LogP contribution >= 0.6 is 0 Å². The van der Waals surface area contributed by atoms with Crippen LogP contribution in [-0.4, -0.2) is 21.7 Å². The van der Waals surface area contributed by atoms with E-state index in [0.29, 0.717) is 5.95 Å². The second-order valence-electron chi connectivity index (χ2n) is 5.08. The third kappa shape index (κ3) is 5.02. The molecule has 0 saturated heterocycles. The summed E-state index contributed by atoms with van der Waals surface area (Å²) in [6, 6.07) is 8.31. The van der Waals surface area contributed by atoms with E-state index in [9.17, 15) is 0 Å². The molecule has 0 bridgehead atoms. The SMILES string of the molecule is CCCCCNc1nncc(NCc2ccccc2C)n1. The number of benzene rings is 1. The Morgan fingerprint density at radius 1 is 1.10 bits per heavy atom. The average Bonchev–Trinajstić information content (AvgIpc) is 2.51. The third-order valence-corrected chi connectivity index (χ3v) is 3.34. The van der Waals surface area contributed by atoms with Crippen molar-refractivity contribution in [3.8, 4) is 0 Å². The standard InChI is InChI=1S/C16H23N5/c1-3-4-7-10-17-16-20-15(12-19-21-16)18-11-14-9-6-5-8-13(14)2/h5-6,8-9,12H,3-4,7,10-11H2,1-2H3,(H2,17,18,20,21). The zero-order valence-corrected chi connectivity index (χ0v) is 12.8. The van der Waals surface area contributed by atoms with Crippen LogP contribution in [0, 0.1) is 6.92 Å². The first kappa shape index (κ1) is 15.2. The number of hydrogen-bond donors (Lipinski definition) is 2. The van der Waals surface area contributed by atoms with Gasteiger partial charge >= 0.3 is 0 Å². The van der Waals surface area contributed by atoms with Crippen LogP contribution in [-0.2, 0) is 6.54 Å². The molecule has 0 fully saturated rings. The summed E-state index contributed by atoms with van der Waals surface area (Å²) in [5.74, 6) is 1.33. The minimum atomic E-state index is 0.584. The van der Waals surface area contributed by atoms with Crippen molar-refractivity contribution in [2.24, 2.45) is 0 Å².